The Labute approximate surface area is 104 Å². The predicted molar refractivity (Wildman–Crippen MR) is 65.9 cm³/mol. The largest absolute Gasteiger partial charge is 0.392 e. The molecule has 2 atom stereocenters. The Morgan fingerprint density at radius 1 is 1.65 bits per heavy atom. The molecule has 0 saturated heterocycles. The monoisotopic (exact) mass is 258 g/mol. The van der Waals surface area contributed by atoms with Crippen LogP contribution in [-0.2, 0) is 6.42 Å². The molecule has 1 aromatic heterocycles. The van der Waals surface area contributed by atoms with Crippen LogP contribution in [0.3, 0.4) is 0 Å². The second-order valence-electron chi connectivity index (χ2n) is 3.91. The van der Waals surface area contributed by atoms with Crippen LogP contribution in [-0.4, -0.2) is 39.3 Å². The number of hydrogen-bond donors (Lipinski definition) is 3. The zero-order valence-electron chi connectivity index (χ0n) is 10.0. The maximum atomic E-state index is 11.8. The highest BCUT2D eigenvalue weighted by molar-refractivity contribution is 7.08. The Hall–Kier alpha value is -1.05. The number of amides is 1. The third-order valence-corrected chi connectivity index (χ3v) is 3.13. The van der Waals surface area contributed by atoms with Crippen molar-refractivity contribution in [2.24, 2.45) is 5.73 Å². The molecule has 0 saturated carbocycles. The lowest BCUT2D eigenvalue weighted by molar-refractivity contribution is 0.0940. The number of carbonyl (C=O) groups excluding carboxylic acids is 1. The number of nitrogens with zero attached hydrogens (tertiary/aromatic N) is 2. The fraction of sp³-hybridized carbons (Fsp3) is 0.700. The Morgan fingerprint density at radius 2 is 2.35 bits per heavy atom. The lowest BCUT2D eigenvalue weighted by atomic mass is 10.2. The Bertz CT molecular complexity index is 367. The van der Waals surface area contributed by atoms with Gasteiger partial charge in [0.1, 0.15) is 4.88 Å². The summed E-state index contributed by atoms with van der Waals surface area (Å²) in [6.45, 7) is 3.85. The van der Waals surface area contributed by atoms with Crippen LogP contribution in [0.15, 0.2) is 0 Å². The van der Waals surface area contributed by atoms with Crippen molar-refractivity contribution in [1.29, 1.82) is 0 Å². The van der Waals surface area contributed by atoms with E-state index in [0.717, 1.165) is 30.1 Å². The summed E-state index contributed by atoms with van der Waals surface area (Å²) >= 11 is 1.08. The quantitative estimate of drug-likeness (QED) is 0.663. The van der Waals surface area contributed by atoms with Gasteiger partial charge < -0.3 is 16.2 Å². The van der Waals surface area contributed by atoms with Gasteiger partial charge in [0.15, 0.2) is 0 Å². The van der Waals surface area contributed by atoms with Gasteiger partial charge in [-0.25, -0.2) is 0 Å². The zero-order valence-corrected chi connectivity index (χ0v) is 10.8. The van der Waals surface area contributed by atoms with E-state index in [1.54, 1.807) is 6.92 Å². The first-order valence-electron chi connectivity index (χ1n) is 5.59. The minimum Gasteiger partial charge on any atom is -0.392 e. The van der Waals surface area contributed by atoms with Crippen molar-refractivity contribution in [3.63, 3.8) is 0 Å². The minimum atomic E-state index is -0.648. The van der Waals surface area contributed by atoms with E-state index in [1.807, 2.05) is 6.92 Å². The molecule has 0 fully saturated rings. The average molecular weight is 258 g/mol. The molecule has 0 spiro atoms. The van der Waals surface area contributed by atoms with Crippen molar-refractivity contribution in [3.8, 4) is 0 Å². The van der Waals surface area contributed by atoms with Crippen LogP contribution in [0.2, 0.25) is 0 Å². The molecule has 1 heterocycles. The third kappa shape index (κ3) is 4.03. The molecule has 17 heavy (non-hydrogen) atoms. The van der Waals surface area contributed by atoms with Gasteiger partial charge in [-0.05, 0) is 24.9 Å². The lowest BCUT2D eigenvalue weighted by Gasteiger charge is -2.14. The van der Waals surface area contributed by atoms with E-state index in [0.29, 0.717) is 4.88 Å². The Kier molecular flexibility index (Phi) is 5.46. The summed E-state index contributed by atoms with van der Waals surface area (Å²) in [4.78, 5) is 12.3. The highest BCUT2D eigenvalue weighted by Gasteiger charge is 2.17. The Morgan fingerprint density at radius 3 is 2.94 bits per heavy atom. The summed E-state index contributed by atoms with van der Waals surface area (Å²) in [6, 6.07) is -0.463. The van der Waals surface area contributed by atoms with E-state index in [4.69, 9.17) is 5.73 Å². The van der Waals surface area contributed by atoms with Gasteiger partial charge in [-0.1, -0.05) is 17.8 Å². The van der Waals surface area contributed by atoms with Gasteiger partial charge in [0.2, 0.25) is 0 Å². The summed E-state index contributed by atoms with van der Waals surface area (Å²) in [7, 11) is 0. The SMILES string of the molecule is CCCc1nnsc1C(=O)NCC(N)C(C)O. The van der Waals surface area contributed by atoms with Crippen LogP contribution < -0.4 is 11.1 Å². The number of rotatable bonds is 6. The molecule has 96 valence electrons. The number of aliphatic hydroxyl groups is 1. The molecule has 0 aliphatic rings. The highest BCUT2D eigenvalue weighted by atomic mass is 32.1. The molecule has 7 heteroatoms. The number of nitrogens with one attached hydrogen (secondary N) is 1. The topological polar surface area (TPSA) is 101 Å². The maximum absolute atomic E-state index is 11.8. The second kappa shape index (κ2) is 6.63. The smallest absolute Gasteiger partial charge is 0.265 e. The van der Waals surface area contributed by atoms with Crippen LogP contribution in [0, 0.1) is 0 Å². The van der Waals surface area contributed by atoms with Gasteiger partial charge in [0.05, 0.1) is 11.8 Å². The van der Waals surface area contributed by atoms with Crippen molar-refractivity contribution < 1.29 is 9.90 Å². The molecular weight excluding hydrogens is 240 g/mol. The number of aliphatic hydroxyl groups excluding tert-OH is 1. The molecule has 1 aromatic rings. The predicted octanol–water partition coefficient (Wildman–Crippen LogP) is -0.0715. The van der Waals surface area contributed by atoms with Crippen molar-refractivity contribution in [2.45, 2.75) is 38.8 Å². The first-order chi connectivity index (χ1) is 8.06. The number of aromatic nitrogens is 2. The molecule has 0 aromatic carbocycles. The van der Waals surface area contributed by atoms with Crippen LogP contribution in [0.5, 0.6) is 0 Å². The fourth-order valence-electron chi connectivity index (χ4n) is 1.24. The molecule has 0 aliphatic carbocycles. The van der Waals surface area contributed by atoms with E-state index in [1.165, 1.54) is 0 Å². The van der Waals surface area contributed by atoms with E-state index in [2.05, 4.69) is 14.9 Å². The summed E-state index contributed by atoms with van der Waals surface area (Å²) < 4.78 is 3.77. The van der Waals surface area contributed by atoms with Gasteiger partial charge in [-0.3, -0.25) is 4.79 Å². The van der Waals surface area contributed by atoms with E-state index >= 15 is 0 Å². The van der Waals surface area contributed by atoms with Gasteiger partial charge in [-0.2, -0.15) is 0 Å². The molecule has 6 nitrogen and oxygen atoms in total. The Balaban J connectivity index is 2.55. The van der Waals surface area contributed by atoms with Gasteiger partial charge >= 0.3 is 0 Å². The lowest BCUT2D eigenvalue weighted by Crippen LogP contribution is -2.43. The maximum Gasteiger partial charge on any atom is 0.265 e. The summed E-state index contributed by atoms with van der Waals surface area (Å²) in [5, 5.41) is 15.8. The van der Waals surface area contributed by atoms with Crippen LogP contribution in [0.1, 0.15) is 35.6 Å². The van der Waals surface area contributed by atoms with Crippen molar-refractivity contribution in [3.05, 3.63) is 10.6 Å². The number of nitrogens with two attached hydrogens (primary N) is 1. The third-order valence-electron chi connectivity index (χ3n) is 2.37. The molecule has 0 bridgehead atoms. The second-order valence-corrected chi connectivity index (χ2v) is 4.67. The molecule has 1 amide bonds. The van der Waals surface area contributed by atoms with Gasteiger partial charge in [0.25, 0.3) is 5.91 Å². The number of carbonyl (C=O) groups is 1. The van der Waals surface area contributed by atoms with Crippen molar-refractivity contribution in [1.82, 2.24) is 14.9 Å². The molecule has 1 rings (SSSR count). The summed E-state index contributed by atoms with van der Waals surface area (Å²) in [6.07, 6.45) is 1.01. The van der Waals surface area contributed by atoms with E-state index in [-0.39, 0.29) is 12.5 Å². The van der Waals surface area contributed by atoms with Crippen LogP contribution in [0.25, 0.3) is 0 Å². The average Bonchev–Trinajstić information content (AvgIpc) is 2.74. The fourth-order valence-corrected chi connectivity index (χ4v) is 1.87. The molecule has 0 aliphatic heterocycles. The van der Waals surface area contributed by atoms with Gasteiger partial charge in [0, 0.05) is 12.6 Å². The van der Waals surface area contributed by atoms with Crippen LogP contribution >= 0.6 is 11.5 Å². The number of hydrogen-bond acceptors (Lipinski definition) is 6. The van der Waals surface area contributed by atoms with Gasteiger partial charge in [-0.15, -0.1) is 5.10 Å². The molecule has 4 N–H and O–H groups in total. The van der Waals surface area contributed by atoms with Crippen molar-refractivity contribution >= 4 is 17.4 Å². The minimum absolute atomic E-state index is 0.223. The first-order valence-corrected chi connectivity index (χ1v) is 6.36. The summed E-state index contributed by atoms with van der Waals surface area (Å²) in [5.41, 5.74) is 6.35. The molecule has 2 unspecified atom stereocenters. The number of aryl methyl sites for hydroxylation is 1. The van der Waals surface area contributed by atoms with E-state index < -0.39 is 12.1 Å². The first kappa shape index (κ1) is 14.0. The summed E-state index contributed by atoms with van der Waals surface area (Å²) in [5.74, 6) is -0.223. The van der Waals surface area contributed by atoms with Crippen LogP contribution in [0.4, 0.5) is 0 Å². The van der Waals surface area contributed by atoms with E-state index in [9.17, 15) is 9.90 Å². The molecule has 0 radical (unpaired) electrons. The normalized spacial score (nSPS) is 14.4. The standard InChI is InChI=1S/C10H18N4O2S/c1-3-4-8-9(17-14-13-8)10(16)12-5-7(11)6(2)15/h6-7,15H,3-5,11H2,1-2H3,(H,12,16). The van der Waals surface area contributed by atoms with Crippen molar-refractivity contribution in [2.75, 3.05) is 6.54 Å². The highest BCUT2D eigenvalue weighted by Crippen LogP contribution is 2.12. The molecular formula is C10H18N4O2S. The zero-order chi connectivity index (χ0) is 12.8.